The molecule has 0 fully saturated rings. The molecule has 0 saturated carbocycles. The minimum Gasteiger partial charge on any atom is -0.409 e. The lowest BCUT2D eigenvalue weighted by molar-refractivity contribution is 0.316. The summed E-state index contributed by atoms with van der Waals surface area (Å²) in [7, 11) is 0. The summed E-state index contributed by atoms with van der Waals surface area (Å²) in [6.45, 7) is 2.85. The Labute approximate surface area is 104 Å². The van der Waals surface area contributed by atoms with Crippen molar-refractivity contribution in [3.8, 4) is 0 Å². The smallest absolute Gasteiger partial charge is 0.139 e. The average Bonchev–Trinajstić information content (AvgIpc) is 2.28. The fourth-order valence-electron chi connectivity index (χ4n) is 1.31. The van der Waals surface area contributed by atoms with Gasteiger partial charge >= 0.3 is 0 Å². The van der Waals surface area contributed by atoms with Crippen LogP contribution in [0.3, 0.4) is 0 Å². The van der Waals surface area contributed by atoms with Gasteiger partial charge < -0.3 is 16.3 Å². The normalized spacial score (nSPS) is 11.5. The van der Waals surface area contributed by atoms with E-state index in [9.17, 15) is 0 Å². The molecular formula is C11H16BrN3O. The number of nitrogens with two attached hydrogens (primary N) is 1. The van der Waals surface area contributed by atoms with E-state index >= 15 is 0 Å². The van der Waals surface area contributed by atoms with Crippen LogP contribution in [0.25, 0.3) is 0 Å². The van der Waals surface area contributed by atoms with Gasteiger partial charge in [-0.2, -0.15) is 0 Å². The van der Waals surface area contributed by atoms with Crippen molar-refractivity contribution in [3.05, 3.63) is 28.2 Å². The van der Waals surface area contributed by atoms with Crippen molar-refractivity contribution in [1.29, 1.82) is 0 Å². The number of halogens is 1. The average molecular weight is 286 g/mol. The fraction of sp³-hybridized carbons (Fsp3) is 0.364. The summed E-state index contributed by atoms with van der Waals surface area (Å²) in [5, 5.41) is 14.6. The second-order valence-corrected chi connectivity index (χ2v) is 4.44. The molecule has 16 heavy (non-hydrogen) atoms. The van der Waals surface area contributed by atoms with Crippen LogP contribution in [0.1, 0.15) is 18.4 Å². The van der Waals surface area contributed by atoms with Gasteiger partial charge in [0.15, 0.2) is 0 Å². The maximum Gasteiger partial charge on any atom is 0.139 e. The molecule has 0 unspecified atom stereocenters. The zero-order valence-electron chi connectivity index (χ0n) is 9.20. The van der Waals surface area contributed by atoms with Crippen LogP contribution in [0.4, 0.5) is 5.69 Å². The summed E-state index contributed by atoms with van der Waals surface area (Å²) in [6, 6.07) is 6.11. The third kappa shape index (κ3) is 4.10. The Morgan fingerprint density at radius 2 is 2.31 bits per heavy atom. The highest BCUT2D eigenvalue weighted by Crippen LogP contribution is 2.19. The van der Waals surface area contributed by atoms with Crippen LogP contribution < -0.4 is 11.1 Å². The number of amidine groups is 1. The third-order valence-electron chi connectivity index (χ3n) is 2.23. The van der Waals surface area contributed by atoms with E-state index in [1.807, 2.05) is 19.1 Å². The standard InChI is InChI=1S/C11H16BrN3O/c1-8-7-9(4-5-10(8)12)14-6-2-3-11(13)15-16/h4-5,7,14,16H,2-3,6H2,1H3,(H2,13,15). The number of aryl methyl sites for hydroxylation is 1. The Morgan fingerprint density at radius 3 is 2.94 bits per heavy atom. The van der Waals surface area contributed by atoms with Gasteiger partial charge in [0, 0.05) is 23.1 Å². The second-order valence-electron chi connectivity index (χ2n) is 3.59. The van der Waals surface area contributed by atoms with Gasteiger partial charge in [-0.25, -0.2) is 0 Å². The second kappa shape index (κ2) is 6.37. The minimum atomic E-state index is 0.272. The molecule has 0 aromatic heterocycles. The number of nitrogens with zero attached hydrogens (tertiary/aromatic N) is 1. The number of hydrogen-bond donors (Lipinski definition) is 3. The summed E-state index contributed by atoms with van der Waals surface area (Å²) in [4.78, 5) is 0. The summed E-state index contributed by atoms with van der Waals surface area (Å²) >= 11 is 3.45. The van der Waals surface area contributed by atoms with Crippen LogP contribution in [0.15, 0.2) is 27.8 Å². The van der Waals surface area contributed by atoms with Crippen molar-refractivity contribution >= 4 is 27.5 Å². The number of nitrogens with one attached hydrogen (secondary N) is 1. The monoisotopic (exact) mass is 285 g/mol. The van der Waals surface area contributed by atoms with Crippen molar-refractivity contribution in [2.45, 2.75) is 19.8 Å². The molecule has 1 aromatic carbocycles. The first-order valence-corrected chi connectivity index (χ1v) is 5.89. The van der Waals surface area contributed by atoms with Crippen molar-refractivity contribution in [3.63, 3.8) is 0 Å². The summed E-state index contributed by atoms with van der Waals surface area (Å²) in [5.74, 6) is 0.272. The Hall–Kier alpha value is -1.23. The molecule has 0 heterocycles. The van der Waals surface area contributed by atoms with Gasteiger partial charge in [-0.15, -0.1) is 0 Å². The molecule has 0 amide bonds. The zero-order valence-corrected chi connectivity index (χ0v) is 10.8. The highest BCUT2D eigenvalue weighted by atomic mass is 79.9. The molecular weight excluding hydrogens is 270 g/mol. The Bertz CT molecular complexity index is 379. The summed E-state index contributed by atoms with van der Waals surface area (Å²) in [5.41, 5.74) is 7.64. The van der Waals surface area contributed by atoms with Crippen LogP contribution in [-0.2, 0) is 0 Å². The van der Waals surface area contributed by atoms with Crippen LogP contribution in [0.2, 0.25) is 0 Å². The third-order valence-corrected chi connectivity index (χ3v) is 3.11. The van der Waals surface area contributed by atoms with Gasteiger partial charge in [0.05, 0.1) is 0 Å². The van der Waals surface area contributed by atoms with Gasteiger partial charge in [-0.05, 0) is 37.1 Å². The van der Waals surface area contributed by atoms with E-state index in [1.165, 1.54) is 5.56 Å². The van der Waals surface area contributed by atoms with Crippen LogP contribution in [0, 0.1) is 6.92 Å². The lowest BCUT2D eigenvalue weighted by Crippen LogP contribution is -2.13. The van der Waals surface area contributed by atoms with E-state index in [2.05, 4.69) is 32.5 Å². The van der Waals surface area contributed by atoms with Gasteiger partial charge in [-0.1, -0.05) is 21.1 Å². The number of benzene rings is 1. The first-order chi connectivity index (χ1) is 7.63. The zero-order chi connectivity index (χ0) is 12.0. The largest absolute Gasteiger partial charge is 0.409 e. The van der Waals surface area contributed by atoms with Gasteiger partial charge in [0.2, 0.25) is 0 Å². The van der Waals surface area contributed by atoms with Crippen molar-refractivity contribution in [2.24, 2.45) is 10.9 Å². The Kier molecular flexibility index (Phi) is 5.11. The number of rotatable bonds is 5. The van der Waals surface area contributed by atoms with E-state index in [1.54, 1.807) is 0 Å². The number of hydrogen-bond acceptors (Lipinski definition) is 3. The van der Waals surface area contributed by atoms with E-state index in [0.29, 0.717) is 6.42 Å². The lowest BCUT2D eigenvalue weighted by Gasteiger charge is -2.07. The highest BCUT2D eigenvalue weighted by molar-refractivity contribution is 9.10. The Balaban J connectivity index is 2.35. The Morgan fingerprint density at radius 1 is 1.56 bits per heavy atom. The molecule has 0 radical (unpaired) electrons. The molecule has 0 spiro atoms. The number of anilines is 1. The van der Waals surface area contributed by atoms with E-state index < -0.39 is 0 Å². The molecule has 0 atom stereocenters. The van der Waals surface area contributed by atoms with Crippen molar-refractivity contribution in [1.82, 2.24) is 0 Å². The molecule has 0 aliphatic rings. The quantitative estimate of drug-likeness (QED) is 0.256. The molecule has 5 heteroatoms. The predicted octanol–water partition coefficient (Wildman–Crippen LogP) is 2.70. The summed E-state index contributed by atoms with van der Waals surface area (Å²) < 4.78 is 1.11. The van der Waals surface area contributed by atoms with Crippen LogP contribution >= 0.6 is 15.9 Å². The van der Waals surface area contributed by atoms with Crippen molar-refractivity contribution in [2.75, 3.05) is 11.9 Å². The molecule has 1 rings (SSSR count). The van der Waals surface area contributed by atoms with Gasteiger partial charge in [-0.3, -0.25) is 0 Å². The highest BCUT2D eigenvalue weighted by Gasteiger charge is 1.97. The topological polar surface area (TPSA) is 70.6 Å². The van der Waals surface area contributed by atoms with Crippen LogP contribution in [0.5, 0.6) is 0 Å². The van der Waals surface area contributed by atoms with Gasteiger partial charge in [0.25, 0.3) is 0 Å². The molecule has 4 nitrogen and oxygen atoms in total. The SMILES string of the molecule is Cc1cc(NCCCC(N)=NO)ccc1Br. The maximum atomic E-state index is 8.36. The van der Waals surface area contributed by atoms with E-state index in [-0.39, 0.29) is 5.84 Å². The molecule has 0 aliphatic carbocycles. The lowest BCUT2D eigenvalue weighted by atomic mass is 10.2. The molecule has 0 saturated heterocycles. The molecule has 88 valence electrons. The maximum absolute atomic E-state index is 8.36. The first kappa shape index (κ1) is 12.8. The van der Waals surface area contributed by atoms with Crippen molar-refractivity contribution < 1.29 is 5.21 Å². The van der Waals surface area contributed by atoms with Crippen LogP contribution in [-0.4, -0.2) is 17.6 Å². The molecule has 0 aliphatic heterocycles. The summed E-state index contributed by atoms with van der Waals surface area (Å²) in [6.07, 6.45) is 1.43. The van der Waals surface area contributed by atoms with E-state index in [4.69, 9.17) is 10.9 Å². The molecule has 4 N–H and O–H groups in total. The number of oxime groups is 1. The first-order valence-electron chi connectivity index (χ1n) is 5.10. The van der Waals surface area contributed by atoms with E-state index in [0.717, 1.165) is 23.1 Å². The predicted molar refractivity (Wildman–Crippen MR) is 70.0 cm³/mol. The fourth-order valence-corrected chi connectivity index (χ4v) is 1.55. The minimum absolute atomic E-state index is 0.272. The van der Waals surface area contributed by atoms with Gasteiger partial charge in [0.1, 0.15) is 5.84 Å². The molecule has 1 aromatic rings. The molecule has 0 bridgehead atoms.